The number of aryl methyl sites for hydroxylation is 1. The molecule has 0 radical (unpaired) electrons. The van der Waals surface area contributed by atoms with Crippen LogP contribution in [0.4, 0.5) is 0 Å². The predicted molar refractivity (Wildman–Crippen MR) is 91.3 cm³/mol. The summed E-state index contributed by atoms with van der Waals surface area (Å²) < 4.78 is 0. The minimum Gasteiger partial charge on any atom is -0.872 e. The summed E-state index contributed by atoms with van der Waals surface area (Å²) in [4.78, 5) is 0. The number of hydrogen-bond donors (Lipinski definition) is 2. The molecule has 0 amide bonds. The first kappa shape index (κ1) is 19.5. The summed E-state index contributed by atoms with van der Waals surface area (Å²) in [5, 5.41) is 31.3. The average molecular weight is 362 g/mol. The molecular formula is C20H18FeO3. The molecule has 0 spiro atoms. The molecule has 3 rings (SSSR count). The van der Waals surface area contributed by atoms with Crippen molar-refractivity contribution < 1.29 is 32.4 Å². The Labute approximate surface area is 152 Å². The van der Waals surface area contributed by atoms with Crippen LogP contribution in [0, 0.1) is 6.92 Å². The number of benzene rings is 1. The fourth-order valence-corrected chi connectivity index (χ4v) is 2.00. The number of rotatable bonds is 2. The molecule has 0 aromatic heterocycles. The van der Waals surface area contributed by atoms with Crippen molar-refractivity contribution in [2.24, 2.45) is 0 Å². The van der Waals surface area contributed by atoms with E-state index >= 15 is 0 Å². The van der Waals surface area contributed by atoms with Crippen molar-refractivity contribution in [3.63, 3.8) is 0 Å². The number of hydrogen-bond acceptors (Lipinski definition) is 3. The molecule has 2 aromatic carbocycles. The number of aromatic hydroxyl groups is 1. The van der Waals surface area contributed by atoms with E-state index in [-0.39, 0.29) is 39.9 Å². The van der Waals surface area contributed by atoms with Gasteiger partial charge in [0, 0.05) is 0 Å². The van der Waals surface area contributed by atoms with E-state index in [9.17, 15) is 15.3 Å². The summed E-state index contributed by atoms with van der Waals surface area (Å²) in [7, 11) is 0. The van der Waals surface area contributed by atoms with Gasteiger partial charge in [-0.15, -0.1) is 0 Å². The maximum absolute atomic E-state index is 11.8. The van der Waals surface area contributed by atoms with Gasteiger partial charge in [-0.05, 0) is 24.6 Å². The minimum absolute atomic E-state index is 0. The Bertz CT molecular complexity index is 735. The van der Waals surface area contributed by atoms with Gasteiger partial charge < -0.3 is 15.3 Å². The summed E-state index contributed by atoms with van der Waals surface area (Å²) in [6.45, 7) is 1.64. The third kappa shape index (κ3) is 5.27. The monoisotopic (exact) mass is 362 g/mol. The van der Waals surface area contributed by atoms with Gasteiger partial charge in [0.2, 0.25) is 0 Å². The van der Waals surface area contributed by atoms with Gasteiger partial charge in [-0.3, -0.25) is 0 Å². The molecule has 0 atom stereocenters. The van der Waals surface area contributed by atoms with Gasteiger partial charge in [0.15, 0.2) is 0 Å². The van der Waals surface area contributed by atoms with E-state index < -0.39 is 0 Å². The molecule has 0 unspecified atom stereocenters. The average Bonchev–Trinajstić information content (AvgIpc) is 3.25. The van der Waals surface area contributed by atoms with Crippen LogP contribution >= 0.6 is 0 Å². The number of aliphatic hydroxyl groups excluding tert-OH is 1. The van der Waals surface area contributed by atoms with E-state index in [1.807, 2.05) is 54.6 Å². The number of phenolic OH excluding ortho intramolecular Hbond substituents is 1. The molecule has 2 N–H and O–H groups in total. The Kier molecular flexibility index (Phi) is 7.76. The van der Waals surface area contributed by atoms with Gasteiger partial charge in [-0.2, -0.15) is 18.2 Å². The molecule has 0 heterocycles. The zero-order chi connectivity index (χ0) is 16.7. The molecular weight excluding hydrogens is 344 g/mol. The Morgan fingerprint density at radius 1 is 1.12 bits per heavy atom. The normalized spacial score (nSPS) is 12.4. The quantitative estimate of drug-likeness (QED) is 0.480. The predicted octanol–water partition coefficient (Wildman–Crippen LogP) is 4.13. The van der Waals surface area contributed by atoms with E-state index in [1.165, 1.54) is 18.2 Å². The molecule has 1 aliphatic rings. The van der Waals surface area contributed by atoms with Crippen LogP contribution in [-0.2, 0) is 17.1 Å². The van der Waals surface area contributed by atoms with E-state index in [4.69, 9.17) is 0 Å². The first-order valence-electron chi connectivity index (χ1n) is 7.22. The van der Waals surface area contributed by atoms with Crippen molar-refractivity contribution in [2.45, 2.75) is 6.92 Å². The number of phenols is 1. The minimum atomic E-state index is -0.361. The van der Waals surface area contributed by atoms with Crippen LogP contribution in [0.2, 0.25) is 0 Å². The van der Waals surface area contributed by atoms with Gasteiger partial charge in [-0.25, -0.2) is 12.1 Å². The largest absolute Gasteiger partial charge is 2.00 e. The zero-order valence-electron chi connectivity index (χ0n) is 13.2. The Hall–Kier alpha value is -2.55. The Balaban J connectivity index is 0.000000412. The van der Waals surface area contributed by atoms with Crippen molar-refractivity contribution in [1.82, 2.24) is 0 Å². The van der Waals surface area contributed by atoms with Crippen LogP contribution in [-0.4, -0.2) is 10.2 Å². The van der Waals surface area contributed by atoms with Gasteiger partial charge in [0.25, 0.3) is 0 Å². The van der Waals surface area contributed by atoms with E-state index in [0.717, 1.165) is 5.57 Å². The van der Waals surface area contributed by atoms with Gasteiger partial charge >= 0.3 is 17.1 Å². The van der Waals surface area contributed by atoms with E-state index in [0.29, 0.717) is 5.56 Å². The molecule has 2 aromatic rings. The maximum Gasteiger partial charge on any atom is 2.00 e. The Morgan fingerprint density at radius 3 is 2.29 bits per heavy atom. The van der Waals surface area contributed by atoms with Crippen LogP contribution in [0.1, 0.15) is 11.1 Å². The fourth-order valence-electron chi connectivity index (χ4n) is 2.00. The summed E-state index contributed by atoms with van der Waals surface area (Å²) in [6, 6.07) is 12.9. The topological polar surface area (TPSA) is 63.5 Å². The molecule has 0 bridgehead atoms. The van der Waals surface area contributed by atoms with Crippen LogP contribution in [0.3, 0.4) is 0 Å². The molecule has 0 saturated carbocycles. The first-order valence-corrected chi connectivity index (χ1v) is 7.22. The standard InChI is InChI=1S/C15H14O3.C5H5.Fe/c1-10-6-8-12(16)14(15(10)18)13(17)9-7-11-4-2-3-5-11;1-2-4-5-3-1;/h2-9,16-18H,1H3;1-5H;/q;-1;+2/p-1. The molecule has 0 saturated heterocycles. The van der Waals surface area contributed by atoms with Crippen molar-refractivity contribution in [1.29, 1.82) is 0 Å². The molecule has 124 valence electrons. The SMILES string of the molecule is Cc1ccc(O)c(C(O)=CC=C2C=CC=C2)c1[O-].[Fe+2].c1cc[cH-]c1. The second-order valence-corrected chi connectivity index (χ2v) is 5.00. The Morgan fingerprint density at radius 2 is 1.75 bits per heavy atom. The molecule has 0 aliphatic heterocycles. The van der Waals surface area contributed by atoms with Crippen molar-refractivity contribution in [2.75, 3.05) is 0 Å². The maximum atomic E-state index is 11.8. The molecule has 24 heavy (non-hydrogen) atoms. The fraction of sp³-hybridized carbons (Fsp3) is 0.0500. The smallest absolute Gasteiger partial charge is 0.872 e. The van der Waals surface area contributed by atoms with Crippen LogP contribution < -0.4 is 5.11 Å². The van der Waals surface area contributed by atoms with Crippen LogP contribution in [0.15, 0.2) is 84.5 Å². The summed E-state index contributed by atoms with van der Waals surface area (Å²) in [5.41, 5.74) is 1.34. The van der Waals surface area contributed by atoms with Gasteiger partial charge in [0.05, 0.1) is 5.56 Å². The summed E-state index contributed by atoms with van der Waals surface area (Å²) in [5.74, 6) is -0.808. The van der Waals surface area contributed by atoms with E-state index in [1.54, 1.807) is 13.0 Å². The summed E-state index contributed by atoms with van der Waals surface area (Å²) in [6.07, 6.45) is 10.6. The molecule has 0 fully saturated rings. The van der Waals surface area contributed by atoms with Gasteiger partial charge in [-0.1, -0.05) is 47.8 Å². The first-order chi connectivity index (χ1) is 11.1. The second-order valence-electron chi connectivity index (χ2n) is 5.00. The zero-order valence-corrected chi connectivity index (χ0v) is 14.3. The van der Waals surface area contributed by atoms with Gasteiger partial charge in [0.1, 0.15) is 11.5 Å². The van der Waals surface area contributed by atoms with Crippen molar-refractivity contribution in [3.8, 4) is 11.5 Å². The third-order valence-electron chi connectivity index (χ3n) is 3.27. The van der Waals surface area contributed by atoms with Crippen molar-refractivity contribution >= 4 is 5.76 Å². The van der Waals surface area contributed by atoms with Crippen molar-refractivity contribution in [3.05, 3.63) is 95.6 Å². The summed E-state index contributed by atoms with van der Waals surface area (Å²) >= 11 is 0. The number of aliphatic hydroxyl groups is 1. The van der Waals surface area contributed by atoms with Crippen LogP contribution in [0.25, 0.3) is 5.76 Å². The number of allylic oxidation sites excluding steroid dienone is 7. The molecule has 3 nitrogen and oxygen atoms in total. The third-order valence-corrected chi connectivity index (χ3v) is 3.27. The van der Waals surface area contributed by atoms with Crippen LogP contribution in [0.5, 0.6) is 11.5 Å². The molecule has 1 aliphatic carbocycles. The van der Waals surface area contributed by atoms with E-state index in [2.05, 4.69) is 0 Å². The molecule has 4 heteroatoms. The second kappa shape index (κ2) is 9.56.